The molecule has 0 unspecified atom stereocenters. The molecule has 2 heterocycles. The van der Waals surface area contributed by atoms with Crippen molar-refractivity contribution in [3.63, 3.8) is 0 Å². The molecule has 0 N–H and O–H groups in total. The largest absolute Gasteiger partial charge is 0.366 e. The molecule has 2 aliphatic heterocycles. The number of carbonyl (C=O) groups excluding carboxylic acids is 1. The van der Waals surface area contributed by atoms with E-state index in [4.69, 9.17) is 0 Å². The van der Waals surface area contributed by atoms with Crippen LogP contribution in [0, 0.1) is 12.7 Å². The second-order valence-electron chi connectivity index (χ2n) is 8.36. The third kappa shape index (κ3) is 5.18. The van der Waals surface area contributed by atoms with E-state index >= 15 is 0 Å². The molecule has 0 atom stereocenters. The molecule has 0 saturated carbocycles. The molecule has 0 spiro atoms. The number of halogens is 1. The lowest BCUT2D eigenvalue weighted by molar-refractivity contribution is -0.133. The Bertz CT molecular complexity index is 858. The van der Waals surface area contributed by atoms with Crippen LogP contribution in [0.3, 0.4) is 0 Å². The zero-order valence-electron chi connectivity index (χ0n) is 17.8. The summed E-state index contributed by atoms with van der Waals surface area (Å²) in [7, 11) is 0. The van der Waals surface area contributed by atoms with Gasteiger partial charge < -0.3 is 9.80 Å². The zero-order valence-corrected chi connectivity index (χ0v) is 17.8. The highest BCUT2D eigenvalue weighted by Gasteiger charge is 2.25. The summed E-state index contributed by atoms with van der Waals surface area (Å²) in [5, 5.41) is 0. The third-order valence-electron chi connectivity index (χ3n) is 6.14. The Hall–Kier alpha value is -2.44. The average Bonchev–Trinajstić information content (AvgIpc) is 2.76. The molecule has 1 amide bonds. The molecule has 0 aromatic heterocycles. The minimum Gasteiger partial charge on any atom is -0.366 e. The molecule has 30 heavy (non-hydrogen) atoms. The number of benzene rings is 2. The molecule has 0 bridgehead atoms. The molecule has 4 rings (SSSR count). The number of aryl methyl sites for hydroxylation is 1. The van der Waals surface area contributed by atoms with E-state index in [0.29, 0.717) is 38.4 Å². The van der Waals surface area contributed by atoms with Crippen molar-refractivity contribution >= 4 is 11.6 Å². The van der Waals surface area contributed by atoms with Gasteiger partial charge in [-0.1, -0.05) is 42.0 Å². The van der Waals surface area contributed by atoms with E-state index < -0.39 is 0 Å². The van der Waals surface area contributed by atoms with E-state index in [1.54, 1.807) is 6.07 Å². The van der Waals surface area contributed by atoms with Crippen molar-refractivity contribution in [2.24, 2.45) is 0 Å². The summed E-state index contributed by atoms with van der Waals surface area (Å²) < 4.78 is 14.0. The van der Waals surface area contributed by atoms with Crippen LogP contribution in [-0.2, 0) is 11.3 Å². The predicted octanol–water partition coefficient (Wildman–Crippen LogP) is 2.60. The number of piperazine rings is 2. The predicted molar refractivity (Wildman–Crippen MR) is 118 cm³/mol. The molecule has 2 aliphatic rings. The van der Waals surface area contributed by atoms with Crippen molar-refractivity contribution in [1.82, 2.24) is 14.7 Å². The maximum Gasteiger partial charge on any atom is 0.236 e. The molecular formula is C24H31FN4O. The van der Waals surface area contributed by atoms with Crippen molar-refractivity contribution in [2.45, 2.75) is 13.5 Å². The van der Waals surface area contributed by atoms with Gasteiger partial charge in [0.25, 0.3) is 0 Å². The van der Waals surface area contributed by atoms with Crippen LogP contribution in [0.5, 0.6) is 0 Å². The van der Waals surface area contributed by atoms with Gasteiger partial charge in [-0.05, 0) is 24.6 Å². The fourth-order valence-electron chi connectivity index (χ4n) is 4.37. The molecule has 0 aliphatic carbocycles. The number of nitrogens with zero attached hydrogens (tertiary/aromatic N) is 4. The van der Waals surface area contributed by atoms with E-state index in [1.807, 2.05) is 21.9 Å². The Kier molecular flexibility index (Phi) is 6.65. The first-order valence-corrected chi connectivity index (χ1v) is 10.9. The van der Waals surface area contributed by atoms with Crippen LogP contribution >= 0.6 is 0 Å². The fourth-order valence-corrected chi connectivity index (χ4v) is 4.37. The summed E-state index contributed by atoms with van der Waals surface area (Å²) in [5.41, 5.74) is 3.29. The maximum absolute atomic E-state index is 14.0. The van der Waals surface area contributed by atoms with Crippen LogP contribution in [-0.4, -0.2) is 79.5 Å². The van der Waals surface area contributed by atoms with Crippen molar-refractivity contribution in [2.75, 3.05) is 63.8 Å². The number of hydrogen-bond acceptors (Lipinski definition) is 4. The average molecular weight is 411 g/mol. The van der Waals surface area contributed by atoms with Crippen molar-refractivity contribution < 1.29 is 9.18 Å². The van der Waals surface area contributed by atoms with Crippen LogP contribution in [0.4, 0.5) is 10.1 Å². The molecule has 2 fully saturated rings. The molecule has 2 aromatic carbocycles. The SMILES string of the molecule is Cc1cccc(CN2CCN(CC(=O)N3CCN(c4ccccc4F)CC3)CC2)c1. The summed E-state index contributed by atoms with van der Waals surface area (Å²) >= 11 is 0. The minimum atomic E-state index is -0.194. The summed E-state index contributed by atoms with van der Waals surface area (Å²) in [5.74, 6) is -0.00358. The van der Waals surface area contributed by atoms with Gasteiger partial charge in [-0.3, -0.25) is 14.6 Å². The fraction of sp³-hybridized carbons (Fsp3) is 0.458. The van der Waals surface area contributed by atoms with Crippen LogP contribution in [0.1, 0.15) is 11.1 Å². The van der Waals surface area contributed by atoms with Gasteiger partial charge in [0.15, 0.2) is 0 Å². The monoisotopic (exact) mass is 410 g/mol. The van der Waals surface area contributed by atoms with Crippen LogP contribution < -0.4 is 4.90 Å². The van der Waals surface area contributed by atoms with Gasteiger partial charge in [0.1, 0.15) is 5.82 Å². The quantitative estimate of drug-likeness (QED) is 0.758. The Morgan fingerprint density at radius 1 is 0.867 bits per heavy atom. The summed E-state index contributed by atoms with van der Waals surface area (Å²) in [6, 6.07) is 15.5. The molecule has 2 saturated heterocycles. The Morgan fingerprint density at radius 2 is 1.57 bits per heavy atom. The highest BCUT2D eigenvalue weighted by molar-refractivity contribution is 5.78. The molecular weight excluding hydrogens is 379 g/mol. The Morgan fingerprint density at radius 3 is 2.27 bits per heavy atom. The lowest BCUT2D eigenvalue weighted by Gasteiger charge is -2.38. The Labute approximate surface area is 178 Å². The minimum absolute atomic E-state index is 0.190. The van der Waals surface area contributed by atoms with E-state index in [9.17, 15) is 9.18 Å². The van der Waals surface area contributed by atoms with Crippen LogP contribution in [0.15, 0.2) is 48.5 Å². The number of hydrogen-bond donors (Lipinski definition) is 0. The zero-order chi connectivity index (χ0) is 20.9. The van der Waals surface area contributed by atoms with E-state index in [0.717, 1.165) is 32.7 Å². The van der Waals surface area contributed by atoms with Crippen molar-refractivity contribution in [3.8, 4) is 0 Å². The van der Waals surface area contributed by atoms with E-state index in [-0.39, 0.29) is 11.7 Å². The first-order valence-electron chi connectivity index (χ1n) is 10.9. The summed E-state index contributed by atoms with van der Waals surface area (Å²) in [6.45, 7) is 10.1. The number of amides is 1. The Balaban J connectivity index is 1.20. The van der Waals surface area contributed by atoms with Crippen molar-refractivity contribution in [1.29, 1.82) is 0 Å². The van der Waals surface area contributed by atoms with Gasteiger partial charge in [-0.2, -0.15) is 0 Å². The smallest absolute Gasteiger partial charge is 0.236 e. The lowest BCUT2D eigenvalue weighted by Crippen LogP contribution is -2.53. The number of rotatable bonds is 5. The molecule has 6 heteroatoms. The first-order chi connectivity index (χ1) is 14.6. The van der Waals surface area contributed by atoms with Gasteiger partial charge in [-0.15, -0.1) is 0 Å². The van der Waals surface area contributed by atoms with Crippen molar-refractivity contribution in [3.05, 3.63) is 65.5 Å². The van der Waals surface area contributed by atoms with Crippen LogP contribution in [0.2, 0.25) is 0 Å². The van der Waals surface area contributed by atoms with E-state index in [2.05, 4.69) is 41.0 Å². The second kappa shape index (κ2) is 9.58. The highest BCUT2D eigenvalue weighted by Crippen LogP contribution is 2.20. The van der Waals surface area contributed by atoms with Gasteiger partial charge in [0.05, 0.1) is 12.2 Å². The van der Waals surface area contributed by atoms with Gasteiger partial charge in [-0.25, -0.2) is 4.39 Å². The third-order valence-corrected chi connectivity index (χ3v) is 6.14. The normalized spacial score (nSPS) is 18.6. The summed E-state index contributed by atoms with van der Waals surface area (Å²) in [6.07, 6.45) is 0. The number of para-hydroxylation sites is 1. The standard InChI is InChI=1S/C24H31FN4O/c1-20-5-4-6-21(17-20)18-26-9-11-27(12-10-26)19-24(30)29-15-13-28(14-16-29)23-8-3-2-7-22(23)25/h2-8,17H,9-16,18-19H2,1H3. The first kappa shape index (κ1) is 20.8. The molecule has 160 valence electrons. The topological polar surface area (TPSA) is 30.0 Å². The maximum atomic E-state index is 14.0. The van der Waals surface area contributed by atoms with Gasteiger partial charge >= 0.3 is 0 Å². The molecule has 0 radical (unpaired) electrons. The van der Waals surface area contributed by atoms with Crippen LogP contribution in [0.25, 0.3) is 0 Å². The lowest BCUT2D eigenvalue weighted by atomic mass is 10.1. The van der Waals surface area contributed by atoms with E-state index in [1.165, 1.54) is 17.2 Å². The summed E-state index contributed by atoms with van der Waals surface area (Å²) in [4.78, 5) is 21.4. The van der Waals surface area contributed by atoms with Gasteiger partial charge in [0, 0.05) is 58.9 Å². The number of carbonyl (C=O) groups is 1. The number of anilines is 1. The molecule has 5 nitrogen and oxygen atoms in total. The molecule has 2 aromatic rings. The highest BCUT2D eigenvalue weighted by atomic mass is 19.1. The van der Waals surface area contributed by atoms with Gasteiger partial charge in [0.2, 0.25) is 5.91 Å². The second-order valence-corrected chi connectivity index (χ2v) is 8.36.